The van der Waals surface area contributed by atoms with Crippen LogP contribution in [0.25, 0.3) is 5.69 Å². The number of imidazole rings is 1. The smallest absolute Gasteiger partial charge is 0.358 e. The van der Waals surface area contributed by atoms with Crippen LogP contribution in [0, 0.1) is 0 Å². The quantitative estimate of drug-likeness (QED) is 0.790. The van der Waals surface area contributed by atoms with Gasteiger partial charge < -0.3 is 5.11 Å². The van der Waals surface area contributed by atoms with Gasteiger partial charge in [-0.25, -0.2) is 14.5 Å². The molecule has 0 aliphatic heterocycles. The third kappa shape index (κ3) is 2.81. The molecule has 0 bridgehead atoms. The van der Waals surface area contributed by atoms with Gasteiger partial charge >= 0.3 is 5.97 Å². The highest BCUT2D eigenvalue weighted by Gasteiger charge is 2.14. The Hall–Kier alpha value is -2.38. The van der Waals surface area contributed by atoms with E-state index in [0.717, 1.165) is 5.69 Å². The summed E-state index contributed by atoms with van der Waals surface area (Å²) in [5.74, 6) is -1.14. The SMILES string of the molecule is O=C(O)c1cn(Cc2c(Cl)ncn2-c2ccc(Cl)cc2)nn1. The third-order valence-electron chi connectivity index (χ3n) is 2.99. The van der Waals surface area contributed by atoms with Gasteiger partial charge in [-0.2, -0.15) is 0 Å². The predicted molar refractivity (Wildman–Crippen MR) is 79.7 cm³/mol. The summed E-state index contributed by atoms with van der Waals surface area (Å²) in [5.41, 5.74) is 1.36. The van der Waals surface area contributed by atoms with Gasteiger partial charge in [0, 0.05) is 10.7 Å². The second-order valence-electron chi connectivity index (χ2n) is 4.44. The van der Waals surface area contributed by atoms with Crippen LogP contribution in [0.2, 0.25) is 10.2 Å². The first-order chi connectivity index (χ1) is 10.5. The van der Waals surface area contributed by atoms with E-state index in [1.807, 2.05) is 12.1 Å². The fourth-order valence-corrected chi connectivity index (χ4v) is 2.27. The molecule has 0 atom stereocenters. The van der Waals surface area contributed by atoms with Crippen LogP contribution in [0.1, 0.15) is 16.2 Å². The lowest BCUT2D eigenvalue weighted by atomic mass is 10.3. The second kappa shape index (κ2) is 5.78. The lowest BCUT2D eigenvalue weighted by Crippen LogP contribution is -2.07. The number of nitrogens with zero attached hydrogens (tertiary/aromatic N) is 5. The molecule has 9 heteroatoms. The molecule has 0 aliphatic rings. The summed E-state index contributed by atoms with van der Waals surface area (Å²) in [6.45, 7) is 0.238. The molecule has 3 rings (SSSR count). The van der Waals surface area contributed by atoms with E-state index in [2.05, 4.69) is 15.3 Å². The Morgan fingerprint density at radius 2 is 1.95 bits per heavy atom. The number of benzene rings is 1. The maximum Gasteiger partial charge on any atom is 0.358 e. The minimum absolute atomic E-state index is 0.131. The van der Waals surface area contributed by atoms with E-state index in [0.29, 0.717) is 15.9 Å². The average molecular weight is 338 g/mol. The van der Waals surface area contributed by atoms with Crippen molar-refractivity contribution in [1.29, 1.82) is 0 Å². The number of hydrogen-bond donors (Lipinski definition) is 1. The number of carbonyl (C=O) groups is 1. The molecule has 22 heavy (non-hydrogen) atoms. The maximum atomic E-state index is 10.8. The zero-order valence-corrected chi connectivity index (χ0v) is 12.5. The van der Waals surface area contributed by atoms with Gasteiger partial charge in [0.2, 0.25) is 0 Å². The van der Waals surface area contributed by atoms with Gasteiger partial charge in [-0.05, 0) is 24.3 Å². The summed E-state index contributed by atoms with van der Waals surface area (Å²) < 4.78 is 3.17. The number of hydrogen-bond acceptors (Lipinski definition) is 4. The summed E-state index contributed by atoms with van der Waals surface area (Å²) in [4.78, 5) is 14.9. The van der Waals surface area contributed by atoms with Gasteiger partial charge in [0.05, 0.1) is 18.4 Å². The van der Waals surface area contributed by atoms with Gasteiger partial charge in [0.1, 0.15) is 6.33 Å². The highest BCUT2D eigenvalue weighted by Crippen LogP contribution is 2.21. The second-order valence-corrected chi connectivity index (χ2v) is 5.23. The Kier molecular flexibility index (Phi) is 3.82. The molecule has 0 aliphatic carbocycles. The normalized spacial score (nSPS) is 10.8. The van der Waals surface area contributed by atoms with Crippen LogP contribution in [-0.2, 0) is 6.54 Å². The number of aromatic nitrogens is 5. The molecule has 0 amide bonds. The van der Waals surface area contributed by atoms with Gasteiger partial charge in [-0.1, -0.05) is 28.4 Å². The van der Waals surface area contributed by atoms with Crippen molar-refractivity contribution in [3.05, 3.63) is 58.4 Å². The van der Waals surface area contributed by atoms with Crippen molar-refractivity contribution < 1.29 is 9.90 Å². The van der Waals surface area contributed by atoms with E-state index >= 15 is 0 Å². The molecule has 3 aromatic rings. The Morgan fingerprint density at radius 3 is 2.59 bits per heavy atom. The van der Waals surface area contributed by atoms with Gasteiger partial charge in [-0.3, -0.25) is 4.57 Å². The van der Waals surface area contributed by atoms with E-state index < -0.39 is 5.97 Å². The molecule has 2 heterocycles. The Labute approximate surface area is 134 Å². The van der Waals surface area contributed by atoms with Crippen LogP contribution in [-0.4, -0.2) is 35.6 Å². The zero-order valence-electron chi connectivity index (χ0n) is 11.0. The monoisotopic (exact) mass is 337 g/mol. The molecule has 0 radical (unpaired) electrons. The van der Waals surface area contributed by atoms with Crippen LogP contribution in [0.4, 0.5) is 0 Å². The molecule has 0 unspecified atom stereocenters. The minimum atomic E-state index is -1.14. The van der Waals surface area contributed by atoms with Gasteiger partial charge in [-0.15, -0.1) is 5.10 Å². The lowest BCUT2D eigenvalue weighted by molar-refractivity contribution is 0.0690. The van der Waals surface area contributed by atoms with Crippen molar-refractivity contribution >= 4 is 29.2 Å². The summed E-state index contributed by atoms with van der Waals surface area (Å²) in [6.07, 6.45) is 2.91. The fourth-order valence-electron chi connectivity index (χ4n) is 1.94. The first-order valence-corrected chi connectivity index (χ1v) is 6.91. The van der Waals surface area contributed by atoms with E-state index in [1.165, 1.54) is 10.9 Å². The van der Waals surface area contributed by atoms with E-state index in [1.54, 1.807) is 23.0 Å². The van der Waals surface area contributed by atoms with Crippen molar-refractivity contribution in [2.75, 3.05) is 0 Å². The first-order valence-electron chi connectivity index (χ1n) is 6.15. The number of carboxylic acid groups (broad SMARTS) is 1. The van der Waals surface area contributed by atoms with Gasteiger partial charge in [0.15, 0.2) is 10.8 Å². The molecule has 1 N–H and O–H groups in total. The van der Waals surface area contributed by atoms with Crippen LogP contribution in [0.15, 0.2) is 36.8 Å². The van der Waals surface area contributed by atoms with Crippen LogP contribution < -0.4 is 0 Å². The standard InChI is InChI=1S/C13H9Cl2N5O2/c14-8-1-3-9(4-2-8)20-7-16-12(15)11(20)6-19-5-10(13(21)22)17-18-19/h1-5,7H,6H2,(H,21,22). The number of carboxylic acids is 1. The van der Waals surface area contributed by atoms with Gasteiger partial charge in [0.25, 0.3) is 0 Å². The number of rotatable bonds is 4. The van der Waals surface area contributed by atoms with Crippen LogP contribution in [0.5, 0.6) is 0 Å². The topological polar surface area (TPSA) is 85.8 Å². The third-order valence-corrected chi connectivity index (χ3v) is 3.56. The maximum absolute atomic E-state index is 10.8. The van der Waals surface area contributed by atoms with Crippen LogP contribution in [0.3, 0.4) is 0 Å². The van der Waals surface area contributed by atoms with E-state index in [9.17, 15) is 4.79 Å². The summed E-state index contributed by atoms with van der Waals surface area (Å²) in [7, 11) is 0. The highest BCUT2D eigenvalue weighted by molar-refractivity contribution is 6.30. The first kappa shape index (κ1) is 14.6. The summed E-state index contributed by atoms with van der Waals surface area (Å²) >= 11 is 12.0. The van der Waals surface area contributed by atoms with E-state index in [4.69, 9.17) is 28.3 Å². The number of aromatic carboxylic acids is 1. The predicted octanol–water partition coefficient (Wildman–Crippen LogP) is 2.52. The Bertz CT molecular complexity index is 825. The molecule has 0 fully saturated rings. The number of halogens is 2. The molecule has 2 aromatic heterocycles. The minimum Gasteiger partial charge on any atom is -0.476 e. The molecular weight excluding hydrogens is 329 g/mol. The molecular formula is C13H9Cl2N5O2. The van der Waals surface area contributed by atoms with Crippen molar-refractivity contribution in [2.24, 2.45) is 0 Å². The van der Waals surface area contributed by atoms with Crippen molar-refractivity contribution in [1.82, 2.24) is 24.5 Å². The molecule has 1 aromatic carbocycles. The highest BCUT2D eigenvalue weighted by atomic mass is 35.5. The Morgan fingerprint density at radius 1 is 1.23 bits per heavy atom. The van der Waals surface area contributed by atoms with Crippen molar-refractivity contribution in [2.45, 2.75) is 6.54 Å². The Balaban J connectivity index is 1.95. The molecule has 0 spiro atoms. The largest absolute Gasteiger partial charge is 0.476 e. The van der Waals surface area contributed by atoms with Crippen molar-refractivity contribution in [3.8, 4) is 5.69 Å². The zero-order chi connectivity index (χ0) is 15.7. The molecule has 7 nitrogen and oxygen atoms in total. The molecule has 0 saturated carbocycles. The summed E-state index contributed by atoms with van der Waals surface area (Å²) in [5, 5.41) is 17.1. The van der Waals surface area contributed by atoms with Crippen molar-refractivity contribution in [3.63, 3.8) is 0 Å². The average Bonchev–Trinajstić information content (AvgIpc) is 3.09. The fraction of sp³-hybridized carbons (Fsp3) is 0.0769. The molecule has 0 saturated heterocycles. The molecule has 112 valence electrons. The summed E-state index contributed by atoms with van der Waals surface area (Å²) in [6, 6.07) is 7.17. The van der Waals surface area contributed by atoms with Crippen LogP contribution >= 0.6 is 23.2 Å². The van der Waals surface area contributed by atoms with E-state index in [-0.39, 0.29) is 12.2 Å². The lowest BCUT2D eigenvalue weighted by Gasteiger charge is -2.08.